The van der Waals surface area contributed by atoms with Gasteiger partial charge >= 0.3 is 0 Å². The van der Waals surface area contributed by atoms with E-state index < -0.39 is 0 Å². The highest BCUT2D eigenvalue weighted by atomic mass is 35.5. The lowest BCUT2D eigenvalue weighted by Crippen LogP contribution is -2.32. The van der Waals surface area contributed by atoms with Crippen molar-refractivity contribution in [2.24, 2.45) is 0 Å². The molecule has 0 unspecified atom stereocenters. The van der Waals surface area contributed by atoms with Crippen molar-refractivity contribution < 1.29 is 4.79 Å². The number of benzene rings is 2. The van der Waals surface area contributed by atoms with E-state index in [1.165, 1.54) is 5.56 Å². The number of nitrogens with zero attached hydrogens (tertiary/aromatic N) is 1. The summed E-state index contributed by atoms with van der Waals surface area (Å²) in [4.78, 5) is 18.4. The summed E-state index contributed by atoms with van der Waals surface area (Å²) in [5, 5.41) is 7.04. The molecule has 3 aromatic rings. The van der Waals surface area contributed by atoms with Crippen molar-refractivity contribution in [3.05, 3.63) is 80.8 Å². The Kier molecular flexibility index (Phi) is 5.76. The molecule has 0 spiro atoms. The smallest absolute Gasteiger partial charge is 0.252 e. The average molecular weight is 429 g/mol. The zero-order chi connectivity index (χ0) is 19.6. The molecule has 1 saturated carbocycles. The Morgan fingerprint density at radius 2 is 1.96 bits per heavy atom. The van der Waals surface area contributed by atoms with Crippen molar-refractivity contribution >= 4 is 40.6 Å². The standard InChI is InChI=1S/C22H21ClN2OS2/c1-15-25-18(12-27-15)13-28-20-5-3-2-4-19(20)21(26)24-14-22(10-11-22)16-6-8-17(23)9-7-16/h2-9,12H,10-11,13-14H2,1H3,(H,24,26). The predicted octanol–water partition coefficient (Wildman–Crippen LogP) is 5.86. The Morgan fingerprint density at radius 3 is 2.64 bits per heavy atom. The number of hydrogen-bond donors (Lipinski definition) is 1. The van der Waals surface area contributed by atoms with Gasteiger partial charge in [0.25, 0.3) is 5.91 Å². The third-order valence-corrected chi connectivity index (χ3v) is 7.25. The molecule has 28 heavy (non-hydrogen) atoms. The number of carbonyl (C=O) groups excluding carboxylic acids is 1. The maximum atomic E-state index is 12.9. The van der Waals surface area contributed by atoms with Crippen molar-refractivity contribution in [2.75, 3.05) is 6.54 Å². The van der Waals surface area contributed by atoms with Crippen LogP contribution in [0.2, 0.25) is 5.02 Å². The van der Waals surface area contributed by atoms with Crippen molar-refractivity contribution in [3.8, 4) is 0 Å². The van der Waals surface area contributed by atoms with Crippen molar-refractivity contribution in [1.29, 1.82) is 0 Å². The molecule has 2 aromatic carbocycles. The van der Waals surface area contributed by atoms with E-state index in [1.807, 2.05) is 43.3 Å². The van der Waals surface area contributed by atoms with E-state index >= 15 is 0 Å². The van der Waals surface area contributed by atoms with Crippen LogP contribution in [0.4, 0.5) is 0 Å². The molecule has 0 radical (unpaired) electrons. The van der Waals surface area contributed by atoms with E-state index in [4.69, 9.17) is 11.6 Å². The van der Waals surface area contributed by atoms with Gasteiger partial charge in [-0.15, -0.1) is 23.1 Å². The summed E-state index contributed by atoms with van der Waals surface area (Å²) in [6.07, 6.45) is 2.18. The van der Waals surface area contributed by atoms with Gasteiger partial charge in [-0.3, -0.25) is 4.79 Å². The topological polar surface area (TPSA) is 42.0 Å². The Hall–Kier alpha value is -1.82. The minimum atomic E-state index is -0.0159. The molecule has 0 bridgehead atoms. The van der Waals surface area contributed by atoms with Gasteiger partial charge in [0.2, 0.25) is 0 Å². The van der Waals surface area contributed by atoms with Crippen LogP contribution < -0.4 is 5.32 Å². The lowest BCUT2D eigenvalue weighted by molar-refractivity contribution is 0.0947. The summed E-state index contributed by atoms with van der Waals surface area (Å²) in [5.74, 6) is 0.751. The molecule has 1 heterocycles. The van der Waals surface area contributed by atoms with Gasteiger partial charge in [-0.2, -0.15) is 0 Å². The van der Waals surface area contributed by atoms with E-state index in [-0.39, 0.29) is 11.3 Å². The molecule has 4 rings (SSSR count). The lowest BCUT2D eigenvalue weighted by Gasteiger charge is -2.17. The van der Waals surface area contributed by atoms with E-state index in [1.54, 1.807) is 23.1 Å². The summed E-state index contributed by atoms with van der Waals surface area (Å²) in [5.41, 5.74) is 3.09. The van der Waals surface area contributed by atoms with Gasteiger partial charge in [-0.25, -0.2) is 4.98 Å². The molecule has 0 aliphatic heterocycles. The van der Waals surface area contributed by atoms with Crippen LogP contribution in [0, 0.1) is 6.92 Å². The molecule has 1 aliphatic rings. The molecule has 1 aromatic heterocycles. The van der Waals surface area contributed by atoms with Gasteiger partial charge in [0.15, 0.2) is 0 Å². The number of nitrogens with one attached hydrogen (secondary N) is 1. The highest BCUT2D eigenvalue weighted by Crippen LogP contribution is 2.47. The third-order valence-electron chi connectivity index (χ3n) is 5.07. The van der Waals surface area contributed by atoms with Gasteiger partial charge < -0.3 is 5.32 Å². The molecule has 144 valence electrons. The lowest BCUT2D eigenvalue weighted by atomic mass is 9.96. The van der Waals surface area contributed by atoms with Gasteiger partial charge in [-0.1, -0.05) is 35.9 Å². The summed E-state index contributed by atoms with van der Waals surface area (Å²) in [6, 6.07) is 15.8. The Bertz CT molecular complexity index is 980. The third kappa shape index (κ3) is 4.43. The minimum absolute atomic E-state index is 0.0159. The zero-order valence-electron chi connectivity index (χ0n) is 15.6. The summed E-state index contributed by atoms with van der Waals surface area (Å²) < 4.78 is 0. The number of amides is 1. The summed E-state index contributed by atoms with van der Waals surface area (Å²) in [7, 11) is 0. The Morgan fingerprint density at radius 1 is 1.21 bits per heavy atom. The number of aromatic nitrogens is 1. The first-order valence-electron chi connectivity index (χ1n) is 9.23. The first-order valence-corrected chi connectivity index (χ1v) is 11.5. The number of aryl methyl sites for hydroxylation is 1. The quantitative estimate of drug-likeness (QED) is 0.479. The molecule has 6 heteroatoms. The van der Waals surface area contributed by atoms with Crippen LogP contribution in [0.3, 0.4) is 0 Å². The molecule has 0 atom stereocenters. The SMILES string of the molecule is Cc1nc(CSc2ccccc2C(=O)NCC2(c3ccc(Cl)cc3)CC2)cs1. The fraction of sp³-hybridized carbons (Fsp3) is 0.273. The zero-order valence-corrected chi connectivity index (χ0v) is 18.0. The van der Waals surface area contributed by atoms with Crippen molar-refractivity contribution in [3.63, 3.8) is 0 Å². The monoisotopic (exact) mass is 428 g/mol. The van der Waals surface area contributed by atoms with Crippen LogP contribution in [0.15, 0.2) is 58.8 Å². The molecular weight excluding hydrogens is 408 g/mol. The summed E-state index contributed by atoms with van der Waals surface area (Å²) >= 11 is 9.32. The molecule has 1 fully saturated rings. The molecule has 1 aliphatic carbocycles. The molecule has 0 saturated heterocycles. The largest absolute Gasteiger partial charge is 0.351 e. The van der Waals surface area contributed by atoms with Gasteiger partial charge in [-0.05, 0) is 49.6 Å². The maximum Gasteiger partial charge on any atom is 0.252 e. The van der Waals surface area contributed by atoms with Crippen LogP contribution in [0.25, 0.3) is 0 Å². The van der Waals surface area contributed by atoms with E-state index in [2.05, 4.69) is 27.8 Å². The van der Waals surface area contributed by atoms with E-state index in [0.717, 1.165) is 44.8 Å². The number of rotatable bonds is 7. The number of halogens is 1. The van der Waals surface area contributed by atoms with Crippen LogP contribution in [-0.2, 0) is 11.2 Å². The van der Waals surface area contributed by atoms with E-state index in [9.17, 15) is 4.79 Å². The molecule has 3 nitrogen and oxygen atoms in total. The first kappa shape index (κ1) is 19.5. The highest BCUT2D eigenvalue weighted by Gasteiger charge is 2.44. The van der Waals surface area contributed by atoms with Gasteiger partial charge in [0.05, 0.1) is 16.3 Å². The number of carbonyl (C=O) groups is 1. The first-order chi connectivity index (χ1) is 13.6. The fourth-order valence-corrected chi connectivity index (χ4v) is 5.06. The van der Waals surface area contributed by atoms with Crippen molar-refractivity contribution in [1.82, 2.24) is 10.3 Å². The fourth-order valence-electron chi connectivity index (χ4n) is 3.27. The normalized spacial score (nSPS) is 14.6. The minimum Gasteiger partial charge on any atom is -0.351 e. The predicted molar refractivity (Wildman–Crippen MR) is 118 cm³/mol. The second kappa shape index (κ2) is 8.27. The second-order valence-corrected chi connectivity index (χ2v) is 9.63. The maximum absolute atomic E-state index is 12.9. The average Bonchev–Trinajstić information content (AvgIpc) is 3.39. The number of thioether (sulfide) groups is 1. The number of thiazole rings is 1. The Balaban J connectivity index is 1.41. The van der Waals surface area contributed by atoms with Crippen LogP contribution in [0.1, 0.15) is 39.5 Å². The van der Waals surface area contributed by atoms with Crippen molar-refractivity contribution in [2.45, 2.75) is 35.8 Å². The molecule has 1 N–H and O–H groups in total. The van der Waals surface area contributed by atoms with Crippen LogP contribution >= 0.6 is 34.7 Å². The second-order valence-electron chi connectivity index (χ2n) is 7.11. The highest BCUT2D eigenvalue weighted by molar-refractivity contribution is 7.98. The Labute approximate surface area is 178 Å². The van der Waals surface area contributed by atoms with Gasteiger partial charge in [0, 0.05) is 33.0 Å². The van der Waals surface area contributed by atoms with Crippen LogP contribution in [0.5, 0.6) is 0 Å². The molecular formula is C22H21ClN2OS2. The van der Waals surface area contributed by atoms with E-state index in [0.29, 0.717) is 6.54 Å². The number of hydrogen-bond acceptors (Lipinski definition) is 4. The van der Waals surface area contributed by atoms with Crippen LogP contribution in [-0.4, -0.2) is 17.4 Å². The van der Waals surface area contributed by atoms with Gasteiger partial charge in [0.1, 0.15) is 0 Å². The summed E-state index contributed by atoms with van der Waals surface area (Å²) in [6.45, 7) is 2.66. The molecule has 1 amide bonds.